The maximum atomic E-state index is 12.0. The van der Waals surface area contributed by atoms with Crippen molar-refractivity contribution in [3.8, 4) is 0 Å². The van der Waals surface area contributed by atoms with Crippen LogP contribution in [-0.4, -0.2) is 24.3 Å². The summed E-state index contributed by atoms with van der Waals surface area (Å²) in [5.74, 6) is -0.212. The van der Waals surface area contributed by atoms with Crippen molar-refractivity contribution in [1.82, 2.24) is 5.32 Å². The Hall–Kier alpha value is -2.04. The predicted molar refractivity (Wildman–Crippen MR) is 89.0 cm³/mol. The Morgan fingerprint density at radius 3 is 2.39 bits per heavy atom. The van der Waals surface area contributed by atoms with E-state index in [4.69, 9.17) is 9.47 Å². The molecule has 1 aromatic rings. The molecule has 0 bridgehead atoms. The number of ether oxygens (including phenoxy) is 2. The molecule has 128 valence electrons. The molecule has 0 aliphatic heterocycles. The first-order chi connectivity index (χ1) is 10.8. The zero-order valence-electron chi connectivity index (χ0n) is 14.4. The van der Waals surface area contributed by atoms with Crippen LogP contribution in [0.1, 0.15) is 58.6 Å². The Balaban J connectivity index is 2.63. The fourth-order valence-electron chi connectivity index (χ4n) is 2.14. The van der Waals surface area contributed by atoms with E-state index in [-0.39, 0.29) is 12.0 Å². The molecule has 1 rings (SSSR count). The Morgan fingerprint density at radius 2 is 1.83 bits per heavy atom. The number of hydrogen-bond acceptors (Lipinski definition) is 4. The Morgan fingerprint density at radius 1 is 1.17 bits per heavy atom. The lowest BCUT2D eigenvalue weighted by molar-refractivity contribution is -0.143. The number of hydrogen-bond donors (Lipinski definition) is 1. The van der Waals surface area contributed by atoms with Crippen LogP contribution in [0, 0.1) is 0 Å². The highest BCUT2D eigenvalue weighted by atomic mass is 16.6. The van der Waals surface area contributed by atoms with Gasteiger partial charge in [0.25, 0.3) is 0 Å². The lowest BCUT2D eigenvalue weighted by atomic mass is 10.0. The molecule has 0 spiro atoms. The molecule has 1 aromatic carbocycles. The fraction of sp³-hybridized carbons (Fsp3) is 0.556. The van der Waals surface area contributed by atoms with Crippen molar-refractivity contribution in [3.63, 3.8) is 0 Å². The molecular formula is C18H27NO4. The summed E-state index contributed by atoms with van der Waals surface area (Å²) in [6.45, 7) is 7.65. The number of benzene rings is 1. The molecule has 1 amide bonds. The average molecular weight is 321 g/mol. The third kappa shape index (κ3) is 8.24. The van der Waals surface area contributed by atoms with Crippen LogP contribution in [0.25, 0.3) is 0 Å². The van der Waals surface area contributed by atoms with E-state index >= 15 is 0 Å². The molecule has 0 saturated carbocycles. The van der Waals surface area contributed by atoms with E-state index in [2.05, 4.69) is 5.32 Å². The van der Waals surface area contributed by atoms with Crippen molar-refractivity contribution in [2.45, 2.75) is 58.6 Å². The zero-order valence-corrected chi connectivity index (χ0v) is 14.4. The number of amides is 1. The quantitative estimate of drug-likeness (QED) is 0.771. The van der Waals surface area contributed by atoms with Crippen molar-refractivity contribution in [3.05, 3.63) is 35.9 Å². The Labute approximate surface area is 138 Å². The summed E-state index contributed by atoms with van der Waals surface area (Å²) in [5, 5.41) is 2.88. The van der Waals surface area contributed by atoms with Gasteiger partial charge < -0.3 is 14.8 Å². The normalized spacial score (nSPS) is 12.3. The molecule has 5 nitrogen and oxygen atoms in total. The molecule has 0 fully saturated rings. The van der Waals surface area contributed by atoms with Gasteiger partial charge in [0.2, 0.25) is 0 Å². The van der Waals surface area contributed by atoms with E-state index in [0.717, 1.165) is 5.56 Å². The summed E-state index contributed by atoms with van der Waals surface area (Å²) < 4.78 is 10.2. The van der Waals surface area contributed by atoms with E-state index in [1.165, 1.54) is 0 Å². The van der Waals surface area contributed by atoms with E-state index in [9.17, 15) is 9.59 Å². The average Bonchev–Trinajstić information content (AvgIpc) is 2.45. The second-order valence-corrected chi connectivity index (χ2v) is 6.31. The highest BCUT2D eigenvalue weighted by Gasteiger charge is 2.20. The summed E-state index contributed by atoms with van der Waals surface area (Å²) in [5.41, 5.74) is 0.443. The van der Waals surface area contributed by atoms with Crippen LogP contribution in [0.4, 0.5) is 4.79 Å². The number of carbonyl (C=O) groups excluding carboxylic acids is 2. The first-order valence-electron chi connectivity index (χ1n) is 8.02. The molecule has 0 unspecified atom stereocenters. The summed E-state index contributed by atoms with van der Waals surface area (Å²) >= 11 is 0. The standard InChI is InChI=1S/C18H27NO4/c1-5-22-16(20)13-9-12-15(14-10-7-6-8-11-14)19-17(21)23-18(2,3)4/h6-8,10-11,15H,5,9,12-13H2,1-4H3,(H,19,21)/t15-/m1/s1. The minimum Gasteiger partial charge on any atom is -0.466 e. The highest BCUT2D eigenvalue weighted by molar-refractivity contribution is 5.69. The van der Waals surface area contributed by atoms with Crippen LogP contribution >= 0.6 is 0 Å². The van der Waals surface area contributed by atoms with Crippen molar-refractivity contribution in [2.75, 3.05) is 6.61 Å². The number of esters is 1. The first kappa shape index (κ1) is 19.0. The zero-order chi connectivity index (χ0) is 17.3. The van der Waals surface area contributed by atoms with Crippen LogP contribution < -0.4 is 5.32 Å². The topological polar surface area (TPSA) is 64.6 Å². The Bertz CT molecular complexity index is 493. The smallest absolute Gasteiger partial charge is 0.408 e. The van der Waals surface area contributed by atoms with Crippen LogP contribution in [0.5, 0.6) is 0 Å². The largest absolute Gasteiger partial charge is 0.466 e. The van der Waals surface area contributed by atoms with Gasteiger partial charge in [-0.1, -0.05) is 30.3 Å². The Kier molecular flexibility index (Phi) is 7.59. The molecule has 23 heavy (non-hydrogen) atoms. The SMILES string of the molecule is CCOC(=O)CCC[C@@H](NC(=O)OC(C)(C)C)c1ccccc1. The maximum absolute atomic E-state index is 12.0. The van der Waals surface area contributed by atoms with Crippen LogP contribution in [-0.2, 0) is 14.3 Å². The number of alkyl carbamates (subject to hydrolysis) is 1. The second-order valence-electron chi connectivity index (χ2n) is 6.31. The third-order valence-corrected chi connectivity index (χ3v) is 3.07. The molecular weight excluding hydrogens is 294 g/mol. The van der Waals surface area contributed by atoms with E-state index in [0.29, 0.717) is 25.9 Å². The monoisotopic (exact) mass is 321 g/mol. The van der Waals surface area contributed by atoms with Crippen molar-refractivity contribution < 1.29 is 19.1 Å². The van der Waals surface area contributed by atoms with Gasteiger partial charge in [-0.15, -0.1) is 0 Å². The third-order valence-electron chi connectivity index (χ3n) is 3.07. The minimum atomic E-state index is -0.545. The lowest BCUT2D eigenvalue weighted by Crippen LogP contribution is -2.35. The van der Waals surface area contributed by atoms with Gasteiger partial charge in [-0.05, 0) is 46.1 Å². The van der Waals surface area contributed by atoms with Gasteiger partial charge in [-0.2, -0.15) is 0 Å². The fourth-order valence-corrected chi connectivity index (χ4v) is 2.14. The molecule has 0 aliphatic rings. The predicted octanol–water partition coefficient (Wildman–Crippen LogP) is 3.99. The molecule has 0 radical (unpaired) electrons. The summed E-state index contributed by atoms with van der Waals surface area (Å²) in [6, 6.07) is 9.47. The van der Waals surface area contributed by atoms with E-state index < -0.39 is 11.7 Å². The first-order valence-corrected chi connectivity index (χ1v) is 8.02. The maximum Gasteiger partial charge on any atom is 0.408 e. The summed E-state index contributed by atoms with van der Waals surface area (Å²) in [6.07, 6.45) is 1.16. The number of carbonyl (C=O) groups is 2. The highest BCUT2D eigenvalue weighted by Crippen LogP contribution is 2.20. The van der Waals surface area contributed by atoms with Crippen molar-refractivity contribution in [1.29, 1.82) is 0 Å². The van der Waals surface area contributed by atoms with Gasteiger partial charge in [0.1, 0.15) is 5.60 Å². The molecule has 1 N–H and O–H groups in total. The van der Waals surface area contributed by atoms with Crippen LogP contribution in [0.15, 0.2) is 30.3 Å². The second kappa shape index (κ2) is 9.18. The molecule has 0 aliphatic carbocycles. The molecule has 1 atom stereocenters. The number of rotatable bonds is 7. The van der Waals surface area contributed by atoms with Gasteiger partial charge in [0.05, 0.1) is 12.6 Å². The lowest BCUT2D eigenvalue weighted by Gasteiger charge is -2.24. The summed E-state index contributed by atoms with van der Waals surface area (Å²) in [4.78, 5) is 23.5. The molecule has 0 aromatic heterocycles. The van der Waals surface area contributed by atoms with Gasteiger partial charge in [-0.3, -0.25) is 4.79 Å². The van der Waals surface area contributed by atoms with Gasteiger partial charge in [0.15, 0.2) is 0 Å². The van der Waals surface area contributed by atoms with Crippen LogP contribution in [0.2, 0.25) is 0 Å². The molecule has 0 heterocycles. The van der Waals surface area contributed by atoms with E-state index in [1.807, 2.05) is 51.1 Å². The van der Waals surface area contributed by atoms with E-state index in [1.54, 1.807) is 6.92 Å². The van der Waals surface area contributed by atoms with Gasteiger partial charge >= 0.3 is 12.1 Å². The minimum absolute atomic E-state index is 0.194. The molecule has 5 heteroatoms. The van der Waals surface area contributed by atoms with Gasteiger partial charge in [0, 0.05) is 6.42 Å². The summed E-state index contributed by atoms with van der Waals surface area (Å²) in [7, 11) is 0. The number of nitrogens with one attached hydrogen (secondary N) is 1. The molecule has 0 saturated heterocycles. The van der Waals surface area contributed by atoms with Crippen molar-refractivity contribution >= 4 is 12.1 Å². The van der Waals surface area contributed by atoms with Crippen LogP contribution in [0.3, 0.4) is 0 Å². The van der Waals surface area contributed by atoms with Crippen molar-refractivity contribution in [2.24, 2.45) is 0 Å². The van der Waals surface area contributed by atoms with Gasteiger partial charge in [-0.25, -0.2) is 4.79 Å².